The highest BCUT2D eigenvalue weighted by molar-refractivity contribution is 4.87. The lowest BCUT2D eigenvalue weighted by molar-refractivity contribution is -0.0896. The van der Waals surface area contributed by atoms with E-state index in [1.54, 1.807) is 0 Å². The number of nitrogens with one attached hydrogen (secondary N) is 1. The van der Waals surface area contributed by atoms with E-state index in [-0.39, 0.29) is 0 Å². The van der Waals surface area contributed by atoms with Gasteiger partial charge in [-0.2, -0.15) is 0 Å². The largest absolute Gasteiger partial charge is 0.390 e. The standard InChI is InChI=1S/C8H15F2NO/c1-7(9,10)6-8(12)2-4-11-5-3-8/h11-12H,2-6H2,1H3. The lowest BCUT2D eigenvalue weighted by atomic mass is 9.87. The first kappa shape index (κ1) is 9.86. The summed E-state index contributed by atoms with van der Waals surface area (Å²) in [6.07, 6.45) is 0.439. The summed E-state index contributed by atoms with van der Waals surface area (Å²) in [4.78, 5) is 0. The molecule has 0 atom stereocenters. The molecule has 0 aromatic heterocycles. The molecule has 1 heterocycles. The molecule has 0 saturated carbocycles. The Balaban J connectivity index is 2.47. The molecule has 1 saturated heterocycles. The fourth-order valence-corrected chi connectivity index (χ4v) is 1.65. The third-order valence-electron chi connectivity index (χ3n) is 2.17. The minimum absolute atomic E-state index is 0.415. The van der Waals surface area contributed by atoms with Crippen LogP contribution in [0.5, 0.6) is 0 Å². The van der Waals surface area contributed by atoms with Crippen LogP contribution in [0.2, 0.25) is 0 Å². The fourth-order valence-electron chi connectivity index (χ4n) is 1.65. The molecule has 0 amide bonds. The molecule has 1 fully saturated rings. The van der Waals surface area contributed by atoms with Gasteiger partial charge < -0.3 is 10.4 Å². The molecule has 0 aromatic carbocycles. The van der Waals surface area contributed by atoms with Crippen LogP contribution < -0.4 is 5.32 Å². The molecule has 12 heavy (non-hydrogen) atoms. The number of aliphatic hydroxyl groups is 1. The van der Waals surface area contributed by atoms with Gasteiger partial charge in [-0.3, -0.25) is 0 Å². The molecule has 0 bridgehead atoms. The van der Waals surface area contributed by atoms with Gasteiger partial charge in [0.15, 0.2) is 0 Å². The van der Waals surface area contributed by atoms with E-state index >= 15 is 0 Å². The van der Waals surface area contributed by atoms with Gasteiger partial charge >= 0.3 is 0 Å². The van der Waals surface area contributed by atoms with Crippen molar-refractivity contribution in [3.8, 4) is 0 Å². The lowest BCUT2D eigenvalue weighted by Gasteiger charge is -2.34. The SMILES string of the molecule is CC(F)(F)CC1(O)CCNCC1. The maximum absolute atomic E-state index is 12.6. The van der Waals surface area contributed by atoms with Crippen LogP contribution in [0.4, 0.5) is 8.78 Å². The second-order valence-corrected chi connectivity index (χ2v) is 3.72. The highest BCUT2D eigenvalue weighted by Gasteiger charge is 2.38. The average Bonchev–Trinajstić information content (AvgIpc) is 1.83. The fraction of sp³-hybridized carbons (Fsp3) is 1.00. The van der Waals surface area contributed by atoms with Gasteiger partial charge in [0.25, 0.3) is 0 Å². The summed E-state index contributed by atoms with van der Waals surface area (Å²) in [5.41, 5.74) is -1.15. The zero-order valence-corrected chi connectivity index (χ0v) is 7.24. The predicted octanol–water partition coefficient (Wildman–Crippen LogP) is 1.15. The molecule has 0 radical (unpaired) electrons. The van der Waals surface area contributed by atoms with Crippen molar-refractivity contribution in [2.75, 3.05) is 13.1 Å². The second-order valence-electron chi connectivity index (χ2n) is 3.72. The Kier molecular flexibility index (Phi) is 2.68. The molecule has 1 aliphatic rings. The molecule has 0 unspecified atom stereocenters. The number of piperidine rings is 1. The number of hydrogen-bond donors (Lipinski definition) is 2. The van der Waals surface area contributed by atoms with Crippen molar-refractivity contribution in [2.45, 2.75) is 37.7 Å². The van der Waals surface area contributed by atoms with E-state index in [0.29, 0.717) is 25.9 Å². The second kappa shape index (κ2) is 3.26. The molecule has 1 aliphatic heterocycles. The van der Waals surface area contributed by atoms with Crippen LogP contribution in [0.15, 0.2) is 0 Å². The number of hydrogen-bond acceptors (Lipinski definition) is 2. The summed E-state index contributed by atoms with van der Waals surface area (Å²) in [5.74, 6) is -2.76. The highest BCUT2D eigenvalue weighted by Crippen LogP contribution is 2.31. The van der Waals surface area contributed by atoms with Crippen LogP contribution in [0.3, 0.4) is 0 Å². The minimum atomic E-state index is -2.76. The van der Waals surface area contributed by atoms with E-state index in [1.165, 1.54) is 0 Å². The van der Waals surface area contributed by atoms with Crippen LogP contribution in [0.1, 0.15) is 26.2 Å². The lowest BCUT2D eigenvalue weighted by Crippen LogP contribution is -2.44. The van der Waals surface area contributed by atoms with Gasteiger partial charge in [-0.15, -0.1) is 0 Å². The van der Waals surface area contributed by atoms with Crippen molar-refractivity contribution in [3.63, 3.8) is 0 Å². The zero-order valence-electron chi connectivity index (χ0n) is 7.24. The summed E-state index contributed by atoms with van der Waals surface area (Å²) < 4.78 is 25.1. The van der Waals surface area contributed by atoms with Gasteiger partial charge in [-0.05, 0) is 32.9 Å². The molecule has 0 spiro atoms. The molecule has 0 aliphatic carbocycles. The molecule has 2 nitrogen and oxygen atoms in total. The van der Waals surface area contributed by atoms with Crippen LogP contribution in [0, 0.1) is 0 Å². The summed E-state index contributed by atoms with van der Waals surface area (Å²) in [6.45, 7) is 2.12. The normalized spacial score (nSPS) is 24.0. The Morgan fingerprint density at radius 3 is 2.33 bits per heavy atom. The predicted molar refractivity (Wildman–Crippen MR) is 42.3 cm³/mol. The van der Waals surface area contributed by atoms with Crippen molar-refractivity contribution in [3.05, 3.63) is 0 Å². The first-order chi connectivity index (χ1) is 5.41. The monoisotopic (exact) mass is 179 g/mol. The Morgan fingerprint density at radius 1 is 1.42 bits per heavy atom. The van der Waals surface area contributed by atoms with Gasteiger partial charge in [0.1, 0.15) is 0 Å². The van der Waals surface area contributed by atoms with Gasteiger partial charge in [-0.25, -0.2) is 8.78 Å². The highest BCUT2D eigenvalue weighted by atomic mass is 19.3. The maximum Gasteiger partial charge on any atom is 0.248 e. The van der Waals surface area contributed by atoms with Crippen molar-refractivity contribution in [1.82, 2.24) is 5.32 Å². The molecule has 4 heteroatoms. The summed E-state index contributed by atoms with van der Waals surface area (Å²) >= 11 is 0. The molecule has 1 rings (SSSR count). The van der Waals surface area contributed by atoms with Crippen LogP contribution in [-0.2, 0) is 0 Å². The Hall–Kier alpha value is -0.220. The van der Waals surface area contributed by atoms with E-state index in [0.717, 1.165) is 6.92 Å². The van der Waals surface area contributed by atoms with Gasteiger partial charge in [-0.1, -0.05) is 0 Å². The Bertz CT molecular complexity index is 150. The van der Waals surface area contributed by atoms with Crippen molar-refractivity contribution >= 4 is 0 Å². The molecule has 2 N–H and O–H groups in total. The van der Waals surface area contributed by atoms with Gasteiger partial charge in [0.05, 0.1) is 5.60 Å². The Labute approximate surface area is 71.0 Å². The summed E-state index contributed by atoms with van der Waals surface area (Å²) in [6, 6.07) is 0. The average molecular weight is 179 g/mol. The van der Waals surface area contributed by atoms with Gasteiger partial charge in [0, 0.05) is 6.42 Å². The third-order valence-corrected chi connectivity index (χ3v) is 2.17. The van der Waals surface area contributed by atoms with Crippen LogP contribution >= 0.6 is 0 Å². The van der Waals surface area contributed by atoms with E-state index in [1.807, 2.05) is 0 Å². The number of alkyl halides is 2. The minimum Gasteiger partial charge on any atom is -0.390 e. The molecular weight excluding hydrogens is 164 g/mol. The van der Waals surface area contributed by atoms with Crippen LogP contribution in [0.25, 0.3) is 0 Å². The van der Waals surface area contributed by atoms with Gasteiger partial charge in [0.2, 0.25) is 5.92 Å². The Morgan fingerprint density at radius 2 is 1.92 bits per heavy atom. The van der Waals surface area contributed by atoms with E-state index in [2.05, 4.69) is 5.32 Å². The van der Waals surface area contributed by atoms with Crippen molar-refractivity contribution in [1.29, 1.82) is 0 Å². The first-order valence-corrected chi connectivity index (χ1v) is 4.22. The number of halogens is 2. The zero-order chi connectivity index (χ0) is 9.24. The third kappa shape index (κ3) is 3.03. The summed E-state index contributed by atoms with van der Waals surface area (Å²) in [5, 5.41) is 12.7. The molecule has 72 valence electrons. The molecule has 0 aromatic rings. The van der Waals surface area contributed by atoms with E-state index in [9.17, 15) is 13.9 Å². The maximum atomic E-state index is 12.6. The van der Waals surface area contributed by atoms with Crippen LogP contribution in [-0.4, -0.2) is 29.7 Å². The number of rotatable bonds is 2. The van der Waals surface area contributed by atoms with E-state index in [4.69, 9.17) is 0 Å². The first-order valence-electron chi connectivity index (χ1n) is 4.22. The quantitative estimate of drug-likeness (QED) is 0.666. The molecular formula is C8H15F2NO. The smallest absolute Gasteiger partial charge is 0.248 e. The topological polar surface area (TPSA) is 32.3 Å². The van der Waals surface area contributed by atoms with Crippen molar-refractivity contribution < 1.29 is 13.9 Å². The van der Waals surface area contributed by atoms with E-state index < -0.39 is 17.9 Å². The van der Waals surface area contributed by atoms with Crippen molar-refractivity contribution in [2.24, 2.45) is 0 Å². The summed E-state index contributed by atoms with van der Waals surface area (Å²) in [7, 11) is 0.